The Morgan fingerprint density at radius 2 is 2.05 bits per heavy atom. The molecule has 1 aromatic carbocycles. The highest BCUT2D eigenvalue weighted by Crippen LogP contribution is 2.25. The average molecular weight is 287 g/mol. The van der Waals surface area contributed by atoms with Crippen molar-refractivity contribution in [2.24, 2.45) is 0 Å². The van der Waals surface area contributed by atoms with Crippen molar-refractivity contribution in [3.8, 4) is 0 Å². The number of hydrogen-bond acceptors (Lipinski definition) is 3. The number of amides is 1. The lowest BCUT2D eigenvalue weighted by Gasteiger charge is -2.35. The molecule has 21 heavy (non-hydrogen) atoms. The molecule has 4 nitrogen and oxygen atoms in total. The summed E-state index contributed by atoms with van der Waals surface area (Å²) in [7, 11) is 0. The first kappa shape index (κ1) is 14.3. The second-order valence-electron chi connectivity index (χ2n) is 6.03. The van der Waals surface area contributed by atoms with Crippen molar-refractivity contribution in [3.63, 3.8) is 0 Å². The van der Waals surface area contributed by atoms with E-state index in [0.717, 1.165) is 36.9 Å². The van der Waals surface area contributed by atoms with E-state index in [9.17, 15) is 9.59 Å². The summed E-state index contributed by atoms with van der Waals surface area (Å²) in [4.78, 5) is 26.1. The minimum atomic E-state index is 0.0515. The first-order chi connectivity index (χ1) is 10.1. The van der Waals surface area contributed by atoms with Crippen molar-refractivity contribution in [1.29, 1.82) is 0 Å². The molecule has 2 aliphatic heterocycles. The molecule has 0 N–H and O–H groups in total. The average Bonchev–Trinajstić information content (AvgIpc) is 2.94. The van der Waals surface area contributed by atoms with Crippen LogP contribution in [0.3, 0.4) is 0 Å². The summed E-state index contributed by atoms with van der Waals surface area (Å²) in [6.45, 7) is 3.59. The van der Waals surface area contributed by atoms with Crippen LogP contribution in [0.15, 0.2) is 18.2 Å². The Bertz CT molecular complexity index is 567. The molecule has 0 radical (unpaired) electrons. The normalized spacial score (nSPS) is 21.2. The molecule has 0 spiro atoms. The van der Waals surface area contributed by atoms with Crippen LogP contribution < -0.4 is 0 Å². The fraction of sp³-hybridized carbons (Fsp3) is 0.529. The monoisotopic (exact) mass is 287 g/mol. The van der Waals surface area contributed by atoms with E-state index in [4.69, 9.17) is 4.74 Å². The van der Waals surface area contributed by atoms with Crippen LogP contribution in [0.5, 0.6) is 0 Å². The van der Waals surface area contributed by atoms with Gasteiger partial charge in [-0.1, -0.05) is 6.07 Å². The van der Waals surface area contributed by atoms with Crippen LogP contribution in [0.25, 0.3) is 0 Å². The van der Waals surface area contributed by atoms with Gasteiger partial charge < -0.3 is 9.64 Å². The standard InChI is InChI=1S/C17H21NO3/c1-12(19)8-16-4-2-3-7-18(16)17(20)13-5-6-14-10-21-11-15(14)9-13/h5-6,9,16H,2-4,7-8,10-11H2,1H3. The van der Waals surface area contributed by atoms with Gasteiger partial charge in [-0.05, 0) is 49.4 Å². The number of ketones is 1. The quantitative estimate of drug-likeness (QED) is 0.858. The minimum Gasteiger partial charge on any atom is -0.372 e. The second-order valence-corrected chi connectivity index (χ2v) is 6.03. The van der Waals surface area contributed by atoms with E-state index in [-0.39, 0.29) is 17.7 Å². The van der Waals surface area contributed by atoms with E-state index in [0.29, 0.717) is 19.6 Å². The molecule has 1 saturated heterocycles. The number of carbonyl (C=O) groups is 2. The summed E-state index contributed by atoms with van der Waals surface area (Å²) in [5.41, 5.74) is 3.00. The zero-order valence-corrected chi connectivity index (χ0v) is 12.4. The number of hydrogen-bond donors (Lipinski definition) is 0. The fourth-order valence-corrected chi connectivity index (χ4v) is 3.28. The Hall–Kier alpha value is -1.68. The third-order valence-corrected chi connectivity index (χ3v) is 4.38. The number of Topliss-reactive ketones (excluding diaryl/α,β-unsaturated/α-hetero) is 1. The zero-order valence-electron chi connectivity index (χ0n) is 12.4. The van der Waals surface area contributed by atoms with Gasteiger partial charge in [-0.15, -0.1) is 0 Å². The summed E-state index contributed by atoms with van der Waals surface area (Å²) >= 11 is 0. The molecule has 1 amide bonds. The van der Waals surface area contributed by atoms with Gasteiger partial charge in [0.05, 0.1) is 13.2 Å². The van der Waals surface area contributed by atoms with Crippen LogP contribution in [-0.4, -0.2) is 29.2 Å². The maximum absolute atomic E-state index is 12.8. The molecule has 112 valence electrons. The molecule has 1 aromatic rings. The first-order valence-electron chi connectivity index (χ1n) is 7.65. The van der Waals surface area contributed by atoms with Crippen LogP contribution in [0.4, 0.5) is 0 Å². The number of carbonyl (C=O) groups excluding carboxylic acids is 2. The predicted molar refractivity (Wildman–Crippen MR) is 78.9 cm³/mol. The highest BCUT2D eigenvalue weighted by molar-refractivity contribution is 5.95. The fourth-order valence-electron chi connectivity index (χ4n) is 3.28. The van der Waals surface area contributed by atoms with Gasteiger partial charge in [-0.25, -0.2) is 0 Å². The predicted octanol–water partition coefficient (Wildman–Crippen LogP) is 2.69. The molecule has 0 aliphatic carbocycles. The van der Waals surface area contributed by atoms with Crippen LogP contribution in [0.2, 0.25) is 0 Å². The van der Waals surface area contributed by atoms with Gasteiger partial charge in [0.2, 0.25) is 0 Å². The van der Waals surface area contributed by atoms with Crippen LogP contribution >= 0.6 is 0 Å². The summed E-state index contributed by atoms with van der Waals surface area (Å²) in [5, 5.41) is 0. The lowest BCUT2D eigenvalue weighted by Crippen LogP contribution is -2.44. The van der Waals surface area contributed by atoms with Crippen molar-refractivity contribution in [1.82, 2.24) is 4.90 Å². The number of rotatable bonds is 3. The third-order valence-electron chi connectivity index (χ3n) is 4.38. The highest BCUT2D eigenvalue weighted by atomic mass is 16.5. The number of ether oxygens (including phenoxy) is 1. The van der Waals surface area contributed by atoms with Gasteiger partial charge in [0.1, 0.15) is 5.78 Å². The van der Waals surface area contributed by atoms with Gasteiger partial charge in [-0.2, -0.15) is 0 Å². The van der Waals surface area contributed by atoms with Crippen LogP contribution in [0, 0.1) is 0 Å². The SMILES string of the molecule is CC(=O)CC1CCCCN1C(=O)c1ccc2c(c1)COC2. The summed E-state index contributed by atoms with van der Waals surface area (Å²) < 4.78 is 5.40. The van der Waals surface area contributed by atoms with Crippen molar-refractivity contribution in [2.75, 3.05) is 6.54 Å². The van der Waals surface area contributed by atoms with Gasteiger partial charge in [-0.3, -0.25) is 9.59 Å². The van der Waals surface area contributed by atoms with E-state index in [1.165, 1.54) is 5.56 Å². The van der Waals surface area contributed by atoms with Crippen molar-refractivity contribution >= 4 is 11.7 Å². The lowest BCUT2D eigenvalue weighted by atomic mass is 9.96. The molecule has 2 aliphatic rings. The number of likely N-dealkylation sites (tertiary alicyclic amines) is 1. The Kier molecular flexibility index (Phi) is 4.06. The number of benzene rings is 1. The van der Waals surface area contributed by atoms with E-state index in [1.54, 1.807) is 6.92 Å². The molecule has 2 heterocycles. The highest BCUT2D eigenvalue weighted by Gasteiger charge is 2.28. The lowest BCUT2D eigenvalue weighted by molar-refractivity contribution is -0.118. The van der Waals surface area contributed by atoms with Gasteiger partial charge in [0.25, 0.3) is 5.91 Å². The molecule has 1 atom stereocenters. The van der Waals surface area contributed by atoms with Crippen molar-refractivity contribution < 1.29 is 14.3 Å². The third kappa shape index (κ3) is 3.00. The zero-order chi connectivity index (χ0) is 14.8. The van der Waals surface area contributed by atoms with Crippen LogP contribution in [0.1, 0.15) is 54.1 Å². The van der Waals surface area contributed by atoms with Crippen LogP contribution in [-0.2, 0) is 22.7 Å². The maximum atomic E-state index is 12.8. The molecule has 0 saturated carbocycles. The largest absolute Gasteiger partial charge is 0.372 e. The molecule has 1 fully saturated rings. The number of fused-ring (bicyclic) bond motifs is 1. The number of piperidine rings is 1. The molecular formula is C17H21NO3. The Labute approximate surface area is 125 Å². The van der Waals surface area contributed by atoms with E-state index in [2.05, 4.69) is 0 Å². The maximum Gasteiger partial charge on any atom is 0.254 e. The molecule has 0 aromatic heterocycles. The topological polar surface area (TPSA) is 46.6 Å². The molecule has 3 rings (SSSR count). The second kappa shape index (κ2) is 5.98. The van der Waals surface area contributed by atoms with E-state index < -0.39 is 0 Å². The Balaban J connectivity index is 1.80. The van der Waals surface area contributed by atoms with Gasteiger partial charge in [0, 0.05) is 24.6 Å². The molecule has 0 bridgehead atoms. The van der Waals surface area contributed by atoms with E-state index in [1.807, 2.05) is 23.1 Å². The van der Waals surface area contributed by atoms with Crippen molar-refractivity contribution in [2.45, 2.75) is 51.9 Å². The number of nitrogens with zero attached hydrogens (tertiary/aromatic N) is 1. The van der Waals surface area contributed by atoms with Gasteiger partial charge >= 0.3 is 0 Å². The Morgan fingerprint density at radius 3 is 2.86 bits per heavy atom. The Morgan fingerprint density at radius 1 is 1.24 bits per heavy atom. The summed E-state index contributed by atoms with van der Waals surface area (Å²) in [6.07, 6.45) is 3.52. The summed E-state index contributed by atoms with van der Waals surface area (Å²) in [6, 6.07) is 5.88. The smallest absolute Gasteiger partial charge is 0.254 e. The summed E-state index contributed by atoms with van der Waals surface area (Å²) in [5.74, 6) is 0.206. The van der Waals surface area contributed by atoms with Gasteiger partial charge in [0.15, 0.2) is 0 Å². The first-order valence-corrected chi connectivity index (χ1v) is 7.65. The minimum absolute atomic E-state index is 0.0515. The van der Waals surface area contributed by atoms with Crippen molar-refractivity contribution in [3.05, 3.63) is 34.9 Å². The molecule has 1 unspecified atom stereocenters. The molecular weight excluding hydrogens is 266 g/mol. The van der Waals surface area contributed by atoms with E-state index >= 15 is 0 Å². The molecule has 4 heteroatoms.